The van der Waals surface area contributed by atoms with Crippen molar-refractivity contribution in [3.63, 3.8) is 0 Å². The second-order valence-corrected chi connectivity index (χ2v) is 3.92. The van der Waals surface area contributed by atoms with Crippen molar-refractivity contribution in [1.82, 2.24) is 20.3 Å². The van der Waals surface area contributed by atoms with Gasteiger partial charge in [0, 0.05) is 25.6 Å². The molecule has 0 aliphatic carbocycles. The van der Waals surface area contributed by atoms with E-state index in [1.807, 2.05) is 0 Å². The normalized spacial score (nSPS) is 12.1. The Hall–Kier alpha value is -1.92. The van der Waals surface area contributed by atoms with Crippen LogP contribution in [0.3, 0.4) is 0 Å². The number of aliphatic carboxylic acids is 1. The van der Waals surface area contributed by atoms with Gasteiger partial charge in [-0.1, -0.05) is 12.1 Å². The molecule has 1 rings (SSSR count). The summed E-state index contributed by atoms with van der Waals surface area (Å²) in [7, 11) is 0. The van der Waals surface area contributed by atoms with E-state index in [2.05, 4.69) is 15.6 Å². The summed E-state index contributed by atoms with van der Waals surface area (Å²) < 4.78 is 1.61. The van der Waals surface area contributed by atoms with Crippen LogP contribution in [0.4, 0.5) is 0 Å². The lowest BCUT2D eigenvalue weighted by Crippen LogP contribution is -2.29. The average molecular weight is 240 g/mol. The first-order valence-electron chi connectivity index (χ1n) is 5.40. The largest absolute Gasteiger partial charge is 0.481 e. The topological polar surface area (TPSA) is 97.1 Å². The number of amides is 1. The van der Waals surface area contributed by atoms with Gasteiger partial charge in [0.05, 0.1) is 12.7 Å². The molecule has 7 heteroatoms. The fraction of sp³-hybridized carbons (Fsp3) is 0.600. The Kier molecular flexibility index (Phi) is 5.12. The van der Waals surface area contributed by atoms with Gasteiger partial charge in [-0.3, -0.25) is 14.3 Å². The van der Waals surface area contributed by atoms with Crippen LogP contribution in [0.1, 0.15) is 19.8 Å². The smallest absolute Gasteiger partial charge is 0.303 e. The van der Waals surface area contributed by atoms with Crippen molar-refractivity contribution < 1.29 is 14.7 Å². The highest BCUT2D eigenvalue weighted by Gasteiger charge is 2.11. The Morgan fingerprint density at radius 2 is 2.24 bits per heavy atom. The summed E-state index contributed by atoms with van der Waals surface area (Å²) >= 11 is 0. The summed E-state index contributed by atoms with van der Waals surface area (Å²) in [6.45, 7) is 2.76. The Balaban J connectivity index is 2.14. The summed E-state index contributed by atoms with van der Waals surface area (Å²) in [4.78, 5) is 21.8. The minimum Gasteiger partial charge on any atom is -0.481 e. The summed E-state index contributed by atoms with van der Waals surface area (Å²) in [6, 6.07) is 0. The predicted molar refractivity (Wildman–Crippen MR) is 59.1 cm³/mol. The number of nitrogens with one attached hydrogen (secondary N) is 1. The molecule has 0 aliphatic rings. The Labute approximate surface area is 98.8 Å². The number of rotatable bonds is 7. The first kappa shape index (κ1) is 13.1. The van der Waals surface area contributed by atoms with Gasteiger partial charge in [0.2, 0.25) is 5.91 Å². The molecule has 0 saturated carbocycles. The highest BCUT2D eigenvalue weighted by Crippen LogP contribution is 2.06. The van der Waals surface area contributed by atoms with Gasteiger partial charge in [0.1, 0.15) is 0 Å². The fourth-order valence-corrected chi connectivity index (χ4v) is 1.42. The number of carboxylic acid groups (broad SMARTS) is 1. The predicted octanol–water partition coefficient (Wildman–Crippen LogP) is -0.105. The highest BCUT2D eigenvalue weighted by atomic mass is 16.4. The van der Waals surface area contributed by atoms with Gasteiger partial charge in [0.15, 0.2) is 0 Å². The van der Waals surface area contributed by atoms with Crippen LogP contribution in [0.25, 0.3) is 0 Å². The van der Waals surface area contributed by atoms with E-state index in [0.717, 1.165) is 0 Å². The van der Waals surface area contributed by atoms with E-state index < -0.39 is 5.97 Å². The third-order valence-electron chi connectivity index (χ3n) is 2.19. The fourth-order valence-electron chi connectivity index (χ4n) is 1.42. The lowest BCUT2D eigenvalue weighted by atomic mass is 10.0. The van der Waals surface area contributed by atoms with E-state index in [0.29, 0.717) is 13.1 Å². The van der Waals surface area contributed by atoms with E-state index in [9.17, 15) is 9.59 Å². The molecule has 1 aromatic heterocycles. The van der Waals surface area contributed by atoms with Crippen LogP contribution in [0, 0.1) is 5.92 Å². The van der Waals surface area contributed by atoms with Gasteiger partial charge in [0.25, 0.3) is 0 Å². The van der Waals surface area contributed by atoms with Crippen LogP contribution in [-0.4, -0.2) is 38.5 Å². The maximum absolute atomic E-state index is 11.4. The van der Waals surface area contributed by atoms with E-state index in [-0.39, 0.29) is 24.7 Å². The van der Waals surface area contributed by atoms with Gasteiger partial charge < -0.3 is 10.4 Å². The molecule has 1 heterocycles. The quantitative estimate of drug-likeness (QED) is 0.693. The van der Waals surface area contributed by atoms with Gasteiger partial charge in [-0.25, -0.2) is 0 Å². The lowest BCUT2D eigenvalue weighted by molar-refractivity contribution is -0.138. The van der Waals surface area contributed by atoms with Crippen molar-refractivity contribution in [2.45, 2.75) is 26.3 Å². The summed E-state index contributed by atoms with van der Waals surface area (Å²) in [6.07, 6.45) is 3.51. The maximum atomic E-state index is 11.4. The second kappa shape index (κ2) is 6.62. The zero-order valence-corrected chi connectivity index (χ0v) is 9.67. The molecule has 17 heavy (non-hydrogen) atoms. The highest BCUT2D eigenvalue weighted by molar-refractivity contribution is 5.77. The standard InChI is InChI=1S/C10H16N4O3/c1-8(7-10(16)17)6-9(15)11-2-4-14-5-3-12-13-14/h3,5,8H,2,4,6-7H2,1H3,(H,11,15)(H,16,17). The molecule has 1 aromatic rings. The van der Waals surface area contributed by atoms with Gasteiger partial charge >= 0.3 is 5.97 Å². The lowest BCUT2D eigenvalue weighted by Gasteiger charge is -2.09. The van der Waals surface area contributed by atoms with Crippen LogP contribution < -0.4 is 5.32 Å². The molecule has 0 saturated heterocycles. The minimum absolute atomic E-state index is 0.0104. The molecule has 0 bridgehead atoms. The van der Waals surface area contributed by atoms with Crippen molar-refractivity contribution in [2.75, 3.05) is 6.54 Å². The number of aromatic nitrogens is 3. The third kappa shape index (κ3) is 5.64. The molecule has 0 fully saturated rings. The number of hydrogen-bond acceptors (Lipinski definition) is 4. The zero-order chi connectivity index (χ0) is 12.7. The molecular weight excluding hydrogens is 224 g/mol. The monoisotopic (exact) mass is 240 g/mol. The Bertz CT molecular complexity index is 364. The van der Waals surface area contributed by atoms with Crippen LogP contribution >= 0.6 is 0 Å². The van der Waals surface area contributed by atoms with Crippen LogP contribution in [0.15, 0.2) is 12.4 Å². The van der Waals surface area contributed by atoms with Gasteiger partial charge in [-0.05, 0) is 5.92 Å². The number of carbonyl (C=O) groups excluding carboxylic acids is 1. The van der Waals surface area contributed by atoms with E-state index >= 15 is 0 Å². The Morgan fingerprint density at radius 3 is 2.82 bits per heavy atom. The molecular formula is C10H16N4O3. The minimum atomic E-state index is -0.882. The zero-order valence-electron chi connectivity index (χ0n) is 9.67. The summed E-state index contributed by atoms with van der Waals surface area (Å²) in [5.74, 6) is -1.18. The van der Waals surface area contributed by atoms with E-state index in [1.54, 1.807) is 24.0 Å². The molecule has 94 valence electrons. The molecule has 2 N–H and O–H groups in total. The molecule has 0 spiro atoms. The van der Waals surface area contributed by atoms with Crippen molar-refractivity contribution in [2.24, 2.45) is 5.92 Å². The first-order valence-corrected chi connectivity index (χ1v) is 5.40. The van der Waals surface area contributed by atoms with Crippen molar-refractivity contribution >= 4 is 11.9 Å². The van der Waals surface area contributed by atoms with E-state index in [4.69, 9.17) is 5.11 Å². The second-order valence-electron chi connectivity index (χ2n) is 3.92. The summed E-state index contributed by atoms with van der Waals surface area (Å²) in [5, 5.41) is 18.6. The number of carboxylic acids is 1. The molecule has 1 amide bonds. The van der Waals surface area contributed by atoms with Crippen molar-refractivity contribution in [3.05, 3.63) is 12.4 Å². The van der Waals surface area contributed by atoms with Crippen LogP contribution in [-0.2, 0) is 16.1 Å². The van der Waals surface area contributed by atoms with E-state index in [1.165, 1.54) is 0 Å². The van der Waals surface area contributed by atoms with Crippen LogP contribution in [0.5, 0.6) is 0 Å². The average Bonchev–Trinajstić information content (AvgIpc) is 2.68. The SMILES string of the molecule is CC(CC(=O)O)CC(=O)NCCn1ccnn1. The molecule has 0 radical (unpaired) electrons. The van der Waals surface area contributed by atoms with Crippen LogP contribution in [0.2, 0.25) is 0 Å². The summed E-state index contributed by atoms with van der Waals surface area (Å²) in [5.41, 5.74) is 0. The first-order chi connectivity index (χ1) is 8.08. The molecule has 0 aromatic carbocycles. The molecule has 0 aliphatic heterocycles. The van der Waals surface area contributed by atoms with Gasteiger partial charge in [-0.15, -0.1) is 5.10 Å². The molecule has 1 unspecified atom stereocenters. The van der Waals surface area contributed by atoms with Crippen molar-refractivity contribution in [3.8, 4) is 0 Å². The third-order valence-corrected chi connectivity index (χ3v) is 2.19. The molecule has 1 atom stereocenters. The van der Waals surface area contributed by atoms with Gasteiger partial charge in [-0.2, -0.15) is 0 Å². The number of carbonyl (C=O) groups is 2. The number of hydrogen-bond donors (Lipinski definition) is 2. The number of nitrogens with zero attached hydrogens (tertiary/aromatic N) is 3. The molecule has 7 nitrogen and oxygen atoms in total. The maximum Gasteiger partial charge on any atom is 0.303 e. The Morgan fingerprint density at radius 1 is 1.47 bits per heavy atom. The van der Waals surface area contributed by atoms with Crippen molar-refractivity contribution in [1.29, 1.82) is 0 Å².